The highest BCUT2D eigenvalue weighted by Gasteiger charge is 2.23. The van der Waals surface area contributed by atoms with Crippen molar-refractivity contribution in [1.29, 1.82) is 0 Å². The lowest BCUT2D eigenvalue weighted by Gasteiger charge is -2.19. The summed E-state index contributed by atoms with van der Waals surface area (Å²) in [7, 11) is 0. The van der Waals surface area contributed by atoms with Crippen LogP contribution in [0, 0.1) is 0 Å². The van der Waals surface area contributed by atoms with Crippen molar-refractivity contribution in [2.75, 3.05) is 0 Å². The fraction of sp³-hybridized carbons (Fsp3) is 0. The highest BCUT2D eigenvalue weighted by atomic mass is 32.1. The van der Waals surface area contributed by atoms with Gasteiger partial charge in [0.2, 0.25) is 0 Å². The van der Waals surface area contributed by atoms with Crippen molar-refractivity contribution in [1.82, 2.24) is 9.13 Å². The summed E-state index contributed by atoms with van der Waals surface area (Å²) in [6, 6.07) is 66.7. The van der Waals surface area contributed by atoms with E-state index in [1.165, 1.54) is 91.7 Å². The van der Waals surface area contributed by atoms with Crippen molar-refractivity contribution < 1.29 is 0 Å². The first kappa shape index (κ1) is 28.4. The van der Waals surface area contributed by atoms with E-state index in [1.807, 2.05) is 11.3 Å². The first-order chi connectivity index (χ1) is 25.3. The average Bonchev–Trinajstić information content (AvgIpc) is 3.85. The van der Waals surface area contributed by atoms with Crippen LogP contribution in [0.5, 0.6) is 0 Å². The molecule has 51 heavy (non-hydrogen) atoms. The molecule has 3 heteroatoms. The third-order valence-corrected chi connectivity index (χ3v) is 11.7. The third kappa shape index (κ3) is 4.16. The first-order valence-corrected chi connectivity index (χ1v) is 18.3. The maximum Gasteiger partial charge on any atom is 0.0633 e. The smallest absolute Gasteiger partial charge is 0.0633 e. The fourth-order valence-electron chi connectivity index (χ4n) is 8.38. The molecule has 0 amide bonds. The van der Waals surface area contributed by atoms with Crippen molar-refractivity contribution in [3.05, 3.63) is 182 Å². The van der Waals surface area contributed by atoms with Crippen LogP contribution in [0.4, 0.5) is 0 Å². The maximum atomic E-state index is 2.54. The van der Waals surface area contributed by atoms with E-state index < -0.39 is 0 Å². The Labute approximate surface area is 298 Å². The zero-order chi connectivity index (χ0) is 33.5. The van der Waals surface area contributed by atoms with Gasteiger partial charge in [0, 0.05) is 53.0 Å². The lowest BCUT2D eigenvalue weighted by Crippen LogP contribution is -2.00. The van der Waals surface area contributed by atoms with Gasteiger partial charge in [-0.3, -0.25) is 0 Å². The monoisotopic (exact) mass is 666 g/mol. The highest BCUT2D eigenvalue weighted by Crippen LogP contribution is 2.47. The molecule has 0 atom stereocenters. The van der Waals surface area contributed by atoms with Gasteiger partial charge in [-0.05, 0) is 65.2 Å². The van der Waals surface area contributed by atoms with Gasteiger partial charge in [-0.25, -0.2) is 0 Å². The normalized spacial score (nSPS) is 11.9. The summed E-state index contributed by atoms with van der Waals surface area (Å²) < 4.78 is 7.56. The molecule has 238 valence electrons. The van der Waals surface area contributed by atoms with E-state index in [0.29, 0.717) is 0 Å². The van der Waals surface area contributed by atoms with E-state index in [0.717, 1.165) is 5.69 Å². The van der Waals surface area contributed by atoms with Crippen LogP contribution in [0.2, 0.25) is 0 Å². The van der Waals surface area contributed by atoms with E-state index in [2.05, 4.69) is 191 Å². The highest BCUT2D eigenvalue weighted by molar-refractivity contribution is 7.25. The summed E-state index contributed by atoms with van der Waals surface area (Å²) in [6.07, 6.45) is 0. The fourth-order valence-corrected chi connectivity index (χ4v) is 9.49. The second kappa shape index (κ2) is 11.0. The largest absolute Gasteiger partial charge is 0.309 e. The molecule has 8 aromatic carbocycles. The van der Waals surface area contributed by atoms with Crippen molar-refractivity contribution in [3.8, 4) is 33.6 Å². The lowest BCUT2D eigenvalue weighted by molar-refractivity contribution is 1.17. The second-order valence-corrected chi connectivity index (χ2v) is 14.4. The number of nitrogens with zero attached hydrogens (tertiary/aromatic N) is 2. The Hall–Kier alpha value is -6.42. The number of thiophene rings is 1. The maximum absolute atomic E-state index is 2.54. The Morgan fingerprint density at radius 2 is 0.882 bits per heavy atom. The molecule has 0 spiro atoms. The molecule has 0 saturated carbocycles. The van der Waals surface area contributed by atoms with E-state index >= 15 is 0 Å². The van der Waals surface area contributed by atoms with Crippen LogP contribution >= 0.6 is 11.3 Å². The predicted molar refractivity (Wildman–Crippen MR) is 219 cm³/mol. The Morgan fingerprint density at radius 1 is 0.333 bits per heavy atom. The summed E-state index contributed by atoms with van der Waals surface area (Å²) in [5.41, 5.74) is 12.1. The van der Waals surface area contributed by atoms with Gasteiger partial charge in [-0.15, -0.1) is 11.3 Å². The van der Waals surface area contributed by atoms with Crippen LogP contribution in [-0.2, 0) is 0 Å². The Morgan fingerprint density at radius 3 is 1.61 bits per heavy atom. The molecule has 0 aliphatic carbocycles. The molecule has 3 heterocycles. The molecule has 0 bridgehead atoms. The van der Waals surface area contributed by atoms with Gasteiger partial charge < -0.3 is 9.13 Å². The van der Waals surface area contributed by atoms with E-state index in [4.69, 9.17) is 0 Å². The summed E-state index contributed by atoms with van der Waals surface area (Å²) >= 11 is 1.87. The van der Waals surface area contributed by atoms with Crippen molar-refractivity contribution in [2.24, 2.45) is 0 Å². The molecule has 0 aliphatic heterocycles. The first-order valence-electron chi connectivity index (χ1n) is 17.4. The number of hydrogen-bond donors (Lipinski definition) is 0. The summed E-state index contributed by atoms with van der Waals surface area (Å²) in [5.74, 6) is 0. The molecule has 0 N–H and O–H groups in total. The number of benzene rings is 8. The van der Waals surface area contributed by atoms with E-state index in [1.54, 1.807) is 0 Å². The zero-order valence-corrected chi connectivity index (χ0v) is 28.4. The third-order valence-electron chi connectivity index (χ3n) is 10.5. The van der Waals surface area contributed by atoms with E-state index in [-0.39, 0.29) is 0 Å². The van der Waals surface area contributed by atoms with Crippen LogP contribution in [-0.4, -0.2) is 9.13 Å². The van der Waals surface area contributed by atoms with Crippen molar-refractivity contribution >= 4 is 75.1 Å². The lowest BCUT2D eigenvalue weighted by atomic mass is 9.92. The van der Waals surface area contributed by atoms with Crippen molar-refractivity contribution in [3.63, 3.8) is 0 Å². The number of hydrogen-bond acceptors (Lipinski definition) is 1. The number of aromatic nitrogens is 2. The number of rotatable bonds is 4. The van der Waals surface area contributed by atoms with Crippen LogP contribution in [0.15, 0.2) is 182 Å². The van der Waals surface area contributed by atoms with Crippen LogP contribution in [0.25, 0.3) is 97.4 Å². The molecular weight excluding hydrogens is 637 g/mol. The summed E-state index contributed by atoms with van der Waals surface area (Å²) in [4.78, 5) is 0. The predicted octanol–water partition coefficient (Wildman–Crippen LogP) is 13.6. The average molecular weight is 667 g/mol. The number of fused-ring (bicyclic) bond motifs is 9. The van der Waals surface area contributed by atoms with Crippen LogP contribution in [0.3, 0.4) is 0 Å². The molecule has 3 aromatic heterocycles. The Balaban J connectivity index is 1.27. The zero-order valence-electron chi connectivity index (χ0n) is 27.6. The van der Waals surface area contributed by atoms with Gasteiger partial charge >= 0.3 is 0 Å². The molecule has 11 rings (SSSR count). The van der Waals surface area contributed by atoms with Gasteiger partial charge in [0.15, 0.2) is 0 Å². The molecule has 0 saturated heterocycles. The minimum atomic E-state index is 1.16. The minimum Gasteiger partial charge on any atom is -0.309 e. The minimum absolute atomic E-state index is 1.16. The van der Waals surface area contributed by atoms with Gasteiger partial charge in [-0.2, -0.15) is 0 Å². The van der Waals surface area contributed by atoms with Crippen molar-refractivity contribution in [2.45, 2.75) is 0 Å². The van der Waals surface area contributed by atoms with Crippen LogP contribution < -0.4 is 0 Å². The topological polar surface area (TPSA) is 9.86 Å². The van der Waals surface area contributed by atoms with Gasteiger partial charge in [0.1, 0.15) is 0 Å². The molecule has 0 unspecified atom stereocenters. The van der Waals surface area contributed by atoms with Gasteiger partial charge in [0.05, 0.1) is 27.8 Å². The second-order valence-electron chi connectivity index (χ2n) is 13.3. The summed E-state index contributed by atoms with van der Waals surface area (Å²) in [6.45, 7) is 0. The molecule has 2 nitrogen and oxygen atoms in total. The SMILES string of the molecule is c1ccc(-c2ccccc2-c2ccc3sc4ccccc4c3c2-n2c3ccccc3c3cc(-n4c5ccccc5c5ccccc54)ccc32)cc1. The summed E-state index contributed by atoms with van der Waals surface area (Å²) in [5, 5.41) is 7.61. The number of para-hydroxylation sites is 3. The quantitative estimate of drug-likeness (QED) is 0.177. The standard InChI is InChI=1S/C48H30N2S/c1-2-14-31(15-3-1)33-16-4-5-17-34(33)38-27-29-46-47(39-21-9-13-25-45(39)51-46)48(38)50-43-24-12-8-20-37(43)40-30-32(26-28-44(40)50)49-41-22-10-6-18-35(41)36-19-7-11-23-42(36)49/h1-30H. The molecule has 0 radical (unpaired) electrons. The molecule has 0 fully saturated rings. The molecule has 11 aromatic rings. The van der Waals surface area contributed by atoms with Crippen LogP contribution in [0.1, 0.15) is 0 Å². The van der Waals surface area contributed by atoms with E-state index in [9.17, 15) is 0 Å². The van der Waals surface area contributed by atoms with Gasteiger partial charge in [0.25, 0.3) is 0 Å². The molecule has 0 aliphatic rings. The Kier molecular flexibility index (Phi) is 6.16. The molecular formula is C48H30N2S. The Bertz CT molecular complexity index is 3090. The van der Waals surface area contributed by atoms with Gasteiger partial charge in [-0.1, -0.05) is 133 Å².